The zero-order valence-corrected chi connectivity index (χ0v) is 14.1. The van der Waals surface area contributed by atoms with Crippen LogP contribution in [-0.4, -0.2) is 51.2 Å². The molecule has 124 valence electrons. The van der Waals surface area contributed by atoms with Crippen molar-refractivity contribution in [3.63, 3.8) is 0 Å². The van der Waals surface area contributed by atoms with Crippen LogP contribution >= 0.6 is 0 Å². The standard InChI is InChI=1S/C19H27N3O/c1-3-11-20-19(23)17(2)22-15-13-21(14-16-22)12-7-10-18-8-5-4-6-9-18/h3-10,17H,1,11-16H2,2H3,(H,20,23)/p+2/b10-7+/t17-/m0/s1. The van der Waals surface area contributed by atoms with Crippen LogP contribution in [0.2, 0.25) is 0 Å². The summed E-state index contributed by atoms with van der Waals surface area (Å²) in [4.78, 5) is 15.0. The van der Waals surface area contributed by atoms with Gasteiger partial charge in [-0.25, -0.2) is 0 Å². The molecule has 1 aromatic carbocycles. The Morgan fingerprint density at radius 2 is 1.96 bits per heavy atom. The van der Waals surface area contributed by atoms with Gasteiger partial charge in [0.15, 0.2) is 6.04 Å². The van der Waals surface area contributed by atoms with E-state index in [1.54, 1.807) is 11.0 Å². The number of quaternary nitrogens is 2. The Bertz CT molecular complexity index is 519. The Morgan fingerprint density at radius 3 is 2.61 bits per heavy atom. The van der Waals surface area contributed by atoms with Gasteiger partial charge < -0.3 is 15.1 Å². The largest absolute Gasteiger partial charge is 0.347 e. The van der Waals surface area contributed by atoms with Crippen LogP contribution in [0.15, 0.2) is 49.1 Å². The Morgan fingerprint density at radius 1 is 1.26 bits per heavy atom. The molecule has 2 rings (SSSR count). The summed E-state index contributed by atoms with van der Waals surface area (Å²) in [6, 6.07) is 10.4. The molecule has 1 aromatic rings. The number of piperazine rings is 1. The van der Waals surface area contributed by atoms with Crippen molar-refractivity contribution < 1.29 is 14.6 Å². The minimum Gasteiger partial charge on any atom is -0.347 e. The SMILES string of the molecule is C=CCNC(=O)[C@H](C)[NH+]1CC[NH+](C/C=C/c2ccccc2)CC1. The van der Waals surface area contributed by atoms with Crippen molar-refractivity contribution in [2.24, 2.45) is 0 Å². The van der Waals surface area contributed by atoms with Gasteiger partial charge >= 0.3 is 0 Å². The molecule has 0 aromatic heterocycles. The molecule has 3 N–H and O–H groups in total. The van der Waals surface area contributed by atoms with Gasteiger partial charge in [-0.2, -0.15) is 0 Å². The summed E-state index contributed by atoms with van der Waals surface area (Å²) in [5.74, 6) is 0.132. The maximum Gasteiger partial charge on any atom is 0.278 e. The number of rotatable bonds is 7. The lowest BCUT2D eigenvalue weighted by Crippen LogP contribution is -3.30. The first-order valence-electron chi connectivity index (χ1n) is 8.49. The zero-order chi connectivity index (χ0) is 16.5. The van der Waals surface area contributed by atoms with E-state index in [-0.39, 0.29) is 11.9 Å². The lowest BCUT2D eigenvalue weighted by molar-refractivity contribution is -1.02. The summed E-state index contributed by atoms with van der Waals surface area (Å²) in [6.07, 6.45) is 6.18. The maximum atomic E-state index is 12.0. The van der Waals surface area contributed by atoms with Gasteiger partial charge in [-0.3, -0.25) is 4.79 Å². The van der Waals surface area contributed by atoms with Crippen LogP contribution in [0, 0.1) is 0 Å². The Balaban J connectivity index is 1.72. The van der Waals surface area contributed by atoms with Crippen LogP contribution in [0.5, 0.6) is 0 Å². The summed E-state index contributed by atoms with van der Waals surface area (Å²) < 4.78 is 0. The summed E-state index contributed by atoms with van der Waals surface area (Å²) >= 11 is 0. The van der Waals surface area contributed by atoms with Gasteiger partial charge in [-0.1, -0.05) is 42.5 Å². The monoisotopic (exact) mass is 315 g/mol. The number of amides is 1. The molecule has 0 unspecified atom stereocenters. The molecule has 1 heterocycles. The van der Waals surface area contributed by atoms with Gasteiger partial charge in [0.2, 0.25) is 0 Å². The molecule has 1 fully saturated rings. The molecule has 23 heavy (non-hydrogen) atoms. The van der Waals surface area contributed by atoms with E-state index in [2.05, 4.69) is 48.3 Å². The first kappa shape index (κ1) is 17.4. The van der Waals surface area contributed by atoms with Crippen molar-refractivity contribution in [3.8, 4) is 0 Å². The second-order valence-corrected chi connectivity index (χ2v) is 6.18. The van der Waals surface area contributed by atoms with E-state index in [4.69, 9.17) is 0 Å². The highest BCUT2D eigenvalue weighted by Crippen LogP contribution is 1.99. The molecule has 0 radical (unpaired) electrons. The molecule has 0 saturated carbocycles. The Labute approximate surface area is 139 Å². The van der Waals surface area contributed by atoms with Crippen LogP contribution in [0.25, 0.3) is 6.08 Å². The average Bonchev–Trinajstić information content (AvgIpc) is 2.60. The number of carbonyl (C=O) groups excluding carboxylic acids is 1. The average molecular weight is 315 g/mol. The van der Waals surface area contributed by atoms with E-state index < -0.39 is 0 Å². The third-order valence-electron chi connectivity index (χ3n) is 4.54. The first-order chi connectivity index (χ1) is 11.2. The van der Waals surface area contributed by atoms with Gasteiger partial charge in [-0.15, -0.1) is 6.58 Å². The third-order valence-corrected chi connectivity index (χ3v) is 4.54. The van der Waals surface area contributed by atoms with Crippen LogP contribution in [0.4, 0.5) is 0 Å². The van der Waals surface area contributed by atoms with Gasteiger partial charge in [0.05, 0.1) is 6.54 Å². The van der Waals surface area contributed by atoms with Crippen molar-refractivity contribution >= 4 is 12.0 Å². The quantitative estimate of drug-likeness (QED) is 0.565. The van der Waals surface area contributed by atoms with E-state index in [9.17, 15) is 4.79 Å². The second-order valence-electron chi connectivity index (χ2n) is 6.18. The molecule has 1 atom stereocenters. The predicted molar refractivity (Wildman–Crippen MR) is 94.4 cm³/mol. The molecule has 1 aliphatic rings. The predicted octanol–water partition coefficient (Wildman–Crippen LogP) is -0.826. The normalized spacial score (nSPS) is 22.7. The highest BCUT2D eigenvalue weighted by atomic mass is 16.2. The maximum absolute atomic E-state index is 12.0. The first-order valence-corrected chi connectivity index (χ1v) is 8.49. The fourth-order valence-corrected chi connectivity index (χ4v) is 3.00. The molecular weight excluding hydrogens is 286 g/mol. The lowest BCUT2D eigenvalue weighted by Gasteiger charge is -2.32. The molecule has 0 bridgehead atoms. The van der Waals surface area contributed by atoms with Crippen LogP contribution in [-0.2, 0) is 4.79 Å². The topological polar surface area (TPSA) is 38.0 Å². The summed E-state index contributed by atoms with van der Waals surface area (Å²) in [5, 5.41) is 2.90. The van der Waals surface area contributed by atoms with E-state index in [0.717, 1.165) is 32.7 Å². The van der Waals surface area contributed by atoms with Gasteiger partial charge in [-0.05, 0) is 18.6 Å². The van der Waals surface area contributed by atoms with Gasteiger partial charge in [0.1, 0.15) is 26.2 Å². The summed E-state index contributed by atoms with van der Waals surface area (Å²) in [6.45, 7) is 11.6. The Kier molecular flexibility index (Phi) is 7.04. The van der Waals surface area contributed by atoms with Crippen LogP contribution in [0.3, 0.4) is 0 Å². The number of hydrogen-bond donors (Lipinski definition) is 3. The molecule has 0 spiro atoms. The van der Waals surface area contributed by atoms with E-state index in [1.807, 2.05) is 13.0 Å². The zero-order valence-electron chi connectivity index (χ0n) is 14.1. The minimum absolute atomic E-state index is 0.0244. The number of hydrogen-bond acceptors (Lipinski definition) is 1. The summed E-state index contributed by atoms with van der Waals surface area (Å²) in [5.41, 5.74) is 1.25. The number of nitrogens with one attached hydrogen (secondary N) is 3. The van der Waals surface area contributed by atoms with Crippen molar-refractivity contribution in [2.75, 3.05) is 39.3 Å². The van der Waals surface area contributed by atoms with Crippen molar-refractivity contribution in [1.29, 1.82) is 0 Å². The lowest BCUT2D eigenvalue weighted by atomic mass is 10.2. The Hall–Kier alpha value is -1.91. The van der Waals surface area contributed by atoms with Crippen LogP contribution < -0.4 is 15.1 Å². The fourth-order valence-electron chi connectivity index (χ4n) is 3.00. The van der Waals surface area contributed by atoms with Crippen molar-refractivity contribution in [1.82, 2.24) is 5.32 Å². The highest BCUT2D eigenvalue weighted by Gasteiger charge is 2.30. The van der Waals surface area contributed by atoms with Crippen LogP contribution in [0.1, 0.15) is 12.5 Å². The van der Waals surface area contributed by atoms with Crippen molar-refractivity contribution in [3.05, 3.63) is 54.6 Å². The molecule has 1 saturated heterocycles. The van der Waals surface area contributed by atoms with E-state index >= 15 is 0 Å². The number of carbonyl (C=O) groups is 1. The molecule has 0 aliphatic carbocycles. The van der Waals surface area contributed by atoms with E-state index in [0.29, 0.717) is 6.54 Å². The van der Waals surface area contributed by atoms with E-state index in [1.165, 1.54) is 10.5 Å². The van der Waals surface area contributed by atoms with Gasteiger partial charge in [0.25, 0.3) is 5.91 Å². The van der Waals surface area contributed by atoms with Crippen molar-refractivity contribution in [2.45, 2.75) is 13.0 Å². The molecule has 1 amide bonds. The second kappa shape index (κ2) is 9.28. The molecule has 1 aliphatic heterocycles. The summed E-state index contributed by atoms with van der Waals surface area (Å²) in [7, 11) is 0. The fraction of sp³-hybridized carbons (Fsp3) is 0.421. The minimum atomic E-state index is 0.0244. The molecule has 4 nitrogen and oxygen atoms in total. The molecular formula is C19H29N3O+2. The smallest absolute Gasteiger partial charge is 0.278 e. The third kappa shape index (κ3) is 5.66. The highest BCUT2D eigenvalue weighted by molar-refractivity contribution is 5.80. The molecule has 4 heteroatoms. The number of benzene rings is 1. The van der Waals surface area contributed by atoms with Gasteiger partial charge in [0, 0.05) is 6.54 Å².